The molecular formula is C14H17N3OS. The van der Waals surface area contributed by atoms with E-state index < -0.39 is 0 Å². The third-order valence-corrected chi connectivity index (χ3v) is 4.25. The van der Waals surface area contributed by atoms with E-state index in [-0.39, 0.29) is 11.9 Å². The molecule has 0 saturated heterocycles. The van der Waals surface area contributed by atoms with Gasteiger partial charge in [0, 0.05) is 23.2 Å². The van der Waals surface area contributed by atoms with Crippen LogP contribution in [0.3, 0.4) is 0 Å². The summed E-state index contributed by atoms with van der Waals surface area (Å²) in [7, 11) is 2.01. The molecule has 1 aromatic heterocycles. The van der Waals surface area contributed by atoms with E-state index in [4.69, 9.17) is 10.9 Å². The molecule has 0 aliphatic carbocycles. The maximum absolute atomic E-state index is 8.86. The number of amidine groups is 1. The van der Waals surface area contributed by atoms with Crippen LogP contribution >= 0.6 is 11.3 Å². The van der Waals surface area contributed by atoms with Gasteiger partial charge in [-0.3, -0.25) is 0 Å². The van der Waals surface area contributed by atoms with Crippen molar-refractivity contribution in [3.8, 4) is 0 Å². The van der Waals surface area contributed by atoms with Gasteiger partial charge in [0.25, 0.3) is 0 Å². The molecule has 4 nitrogen and oxygen atoms in total. The van der Waals surface area contributed by atoms with Crippen molar-refractivity contribution in [2.24, 2.45) is 10.9 Å². The molecule has 2 aromatic rings. The van der Waals surface area contributed by atoms with E-state index in [9.17, 15) is 0 Å². The quantitative estimate of drug-likeness (QED) is 0.390. The van der Waals surface area contributed by atoms with E-state index in [0.717, 1.165) is 11.3 Å². The first-order valence-electron chi connectivity index (χ1n) is 5.98. The Balaban J connectivity index is 2.36. The van der Waals surface area contributed by atoms with Crippen LogP contribution in [0.5, 0.6) is 0 Å². The van der Waals surface area contributed by atoms with Gasteiger partial charge in [-0.15, -0.1) is 11.3 Å². The number of thiophene rings is 1. The molecule has 3 N–H and O–H groups in total. The standard InChI is InChI=1S/C14H17N3OS/c1-10(13-8-5-9-19-13)17(2)12-7-4-3-6-11(12)14(15)16-18/h3-10,18H,1-2H3,(H2,15,16). The molecule has 0 saturated carbocycles. The van der Waals surface area contributed by atoms with E-state index in [1.54, 1.807) is 11.3 Å². The largest absolute Gasteiger partial charge is 0.409 e. The molecule has 0 radical (unpaired) electrons. The summed E-state index contributed by atoms with van der Waals surface area (Å²) in [5.41, 5.74) is 7.40. The van der Waals surface area contributed by atoms with Gasteiger partial charge in [0.1, 0.15) is 0 Å². The smallest absolute Gasteiger partial charge is 0.172 e. The van der Waals surface area contributed by atoms with Gasteiger partial charge in [-0.2, -0.15) is 0 Å². The lowest BCUT2D eigenvalue weighted by atomic mass is 10.1. The predicted octanol–water partition coefficient (Wildman–Crippen LogP) is 3.04. The molecule has 1 atom stereocenters. The van der Waals surface area contributed by atoms with E-state index in [1.165, 1.54) is 4.88 Å². The first-order valence-corrected chi connectivity index (χ1v) is 6.86. The fraction of sp³-hybridized carbons (Fsp3) is 0.214. The van der Waals surface area contributed by atoms with Crippen molar-refractivity contribution in [1.29, 1.82) is 0 Å². The van der Waals surface area contributed by atoms with Crippen LogP contribution in [0.15, 0.2) is 46.9 Å². The molecule has 19 heavy (non-hydrogen) atoms. The summed E-state index contributed by atoms with van der Waals surface area (Å²) in [6.07, 6.45) is 0. The van der Waals surface area contributed by atoms with Gasteiger partial charge in [-0.1, -0.05) is 23.4 Å². The highest BCUT2D eigenvalue weighted by atomic mass is 32.1. The normalized spacial score (nSPS) is 13.3. The molecule has 100 valence electrons. The molecule has 5 heteroatoms. The van der Waals surface area contributed by atoms with Crippen molar-refractivity contribution < 1.29 is 5.21 Å². The minimum absolute atomic E-state index is 0.126. The average Bonchev–Trinajstić information content (AvgIpc) is 2.99. The van der Waals surface area contributed by atoms with Crippen LogP contribution in [0, 0.1) is 0 Å². The van der Waals surface area contributed by atoms with Crippen molar-refractivity contribution in [2.75, 3.05) is 11.9 Å². The second kappa shape index (κ2) is 5.75. The molecule has 1 heterocycles. The number of para-hydroxylation sites is 1. The van der Waals surface area contributed by atoms with Gasteiger partial charge in [0.15, 0.2) is 5.84 Å². The van der Waals surface area contributed by atoms with Crippen LogP contribution in [0.1, 0.15) is 23.4 Å². The van der Waals surface area contributed by atoms with Crippen LogP contribution < -0.4 is 10.6 Å². The Bertz CT molecular complexity index is 566. The first-order chi connectivity index (χ1) is 9.15. The van der Waals surface area contributed by atoms with Gasteiger partial charge in [0.05, 0.1) is 6.04 Å². The fourth-order valence-electron chi connectivity index (χ4n) is 1.98. The van der Waals surface area contributed by atoms with Crippen molar-refractivity contribution in [2.45, 2.75) is 13.0 Å². The second-order valence-corrected chi connectivity index (χ2v) is 5.28. The van der Waals surface area contributed by atoms with Crippen LogP contribution in [-0.4, -0.2) is 18.1 Å². The first kappa shape index (κ1) is 13.4. The highest BCUT2D eigenvalue weighted by molar-refractivity contribution is 7.10. The maximum atomic E-state index is 8.86. The molecule has 0 aliphatic heterocycles. The number of nitrogens with two attached hydrogens (primary N) is 1. The van der Waals surface area contributed by atoms with Crippen LogP contribution in [0.25, 0.3) is 0 Å². The topological polar surface area (TPSA) is 61.8 Å². The van der Waals surface area contributed by atoms with Gasteiger partial charge < -0.3 is 15.8 Å². The highest BCUT2D eigenvalue weighted by Gasteiger charge is 2.17. The van der Waals surface area contributed by atoms with Crippen molar-refractivity contribution in [3.05, 3.63) is 52.2 Å². The molecule has 0 bridgehead atoms. The van der Waals surface area contributed by atoms with E-state index in [2.05, 4.69) is 28.4 Å². The molecule has 2 rings (SSSR count). The molecule has 0 spiro atoms. The monoisotopic (exact) mass is 275 g/mol. The Hall–Kier alpha value is -2.01. The fourth-order valence-corrected chi connectivity index (χ4v) is 2.81. The van der Waals surface area contributed by atoms with Crippen LogP contribution in [0.4, 0.5) is 5.69 Å². The van der Waals surface area contributed by atoms with Crippen molar-refractivity contribution in [1.82, 2.24) is 0 Å². The van der Waals surface area contributed by atoms with Gasteiger partial charge in [-0.05, 0) is 30.5 Å². The zero-order valence-corrected chi connectivity index (χ0v) is 11.8. The summed E-state index contributed by atoms with van der Waals surface area (Å²) in [6, 6.07) is 12.0. The Kier molecular flexibility index (Phi) is 4.06. The third-order valence-electron chi connectivity index (χ3n) is 3.20. The highest BCUT2D eigenvalue weighted by Crippen LogP contribution is 2.30. The van der Waals surface area contributed by atoms with E-state index >= 15 is 0 Å². The SMILES string of the molecule is CC(c1cccs1)N(C)c1ccccc1/C(N)=N/O. The zero-order valence-electron chi connectivity index (χ0n) is 10.9. The predicted molar refractivity (Wildman–Crippen MR) is 80.1 cm³/mol. The summed E-state index contributed by atoms with van der Waals surface area (Å²) in [5.74, 6) is 0.126. The summed E-state index contributed by atoms with van der Waals surface area (Å²) >= 11 is 1.72. The van der Waals surface area contributed by atoms with Gasteiger partial charge in [-0.25, -0.2) is 0 Å². The Morgan fingerprint density at radius 1 is 1.32 bits per heavy atom. The third kappa shape index (κ3) is 2.71. The average molecular weight is 275 g/mol. The number of anilines is 1. The molecule has 0 fully saturated rings. The van der Waals surface area contributed by atoms with Crippen molar-refractivity contribution in [3.63, 3.8) is 0 Å². The second-order valence-electron chi connectivity index (χ2n) is 4.30. The van der Waals surface area contributed by atoms with E-state index in [0.29, 0.717) is 0 Å². The molecule has 0 amide bonds. The van der Waals surface area contributed by atoms with E-state index in [1.807, 2.05) is 37.4 Å². The number of hydrogen-bond acceptors (Lipinski definition) is 4. The van der Waals surface area contributed by atoms with Gasteiger partial charge >= 0.3 is 0 Å². The molecule has 1 unspecified atom stereocenters. The number of oxime groups is 1. The molecule has 0 aliphatic rings. The molecule has 1 aromatic carbocycles. The lowest BCUT2D eigenvalue weighted by molar-refractivity contribution is 0.318. The summed E-state index contributed by atoms with van der Waals surface area (Å²) in [6.45, 7) is 2.13. The Morgan fingerprint density at radius 2 is 2.05 bits per heavy atom. The summed E-state index contributed by atoms with van der Waals surface area (Å²) < 4.78 is 0. The summed E-state index contributed by atoms with van der Waals surface area (Å²) in [5, 5.41) is 14.0. The number of nitrogens with zero attached hydrogens (tertiary/aromatic N) is 2. The minimum atomic E-state index is 0.126. The van der Waals surface area contributed by atoms with Gasteiger partial charge in [0.2, 0.25) is 0 Å². The lowest BCUT2D eigenvalue weighted by Crippen LogP contribution is -2.25. The lowest BCUT2D eigenvalue weighted by Gasteiger charge is -2.28. The number of hydrogen-bond donors (Lipinski definition) is 2. The van der Waals surface area contributed by atoms with Crippen LogP contribution in [0.2, 0.25) is 0 Å². The minimum Gasteiger partial charge on any atom is -0.409 e. The van der Waals surface area contributed by atoms with Crippen LogP contribution in [-0.2, 0) is 0 Å². The zero-order chi connectivity index (χ0) is 13.8. The number of rotatable bonds is 4. The Labute approximate surface area is 116 Å². The van der Waals surface area contributed by atoms with Crippen molar-refractivity contribution >= 4 is 22.9 Å². The maximum Gasteiger partial charge on any atom is 0.172 e. The molecular weight excluding hydrogens is 258 g/mol. The number of benzene rings is 1. The Morgan fingerprint density at radius 3 is 2.68 bits per heavy atom. The summed E-state index contributed by atoms with van der Waals surface area (Å²) in [4.78, 5) is 3.40.